The molecule has 118 valence electrons. The summed E-state index contributed by atoms with van der Waals surface area (Å²) in [7, 11) is 4.60. The molecular formula is C17H35N3. The molecule has 0 radical (unpaired) electrons. The van der Waals surface area contributed by atoms with Crippen LogP contribution in [-0.4, -0.2) is 55.1 Å². The number of nitrogens with two attached hydrogens (primary N) is 1. The molecule has 3 nitrogen and oxygen atoms in total. The van der Waals surface area contributed by atoms with Crippen LogP contribution in [0.25, 0.3) is 0 Å². The second-order valence-corrected chi connectivity index (χ2v) is 7.28. The number of hydrogen-bond acceptors (Lipinski definition) is 3. The lowest BCUT2D eigenvalue weighted by Crippen LogP contribution is -2.57. The summed E-state index contributed by atoms with van der Waals surface area (Å²) in [5.74, 6) is 0.939. The number of rotatable bonds is 4. The molecule has 1 aliphatic carbocycles. The summed E-state index contributed by atoms with van der Waals surface area (Å²) in [5, 5.41) is 0. The third kappa shape index (κ3) is 3.55. The van der Waals surface area contributed by atoms with E-state index in [4.69, 9.17) is 5.73 Å². The van der Waals surface area contributed by atoms with Crippen LogP contribution in [-0.2, 0) is 0 Å². The molecule has 0 bridgehead atoms. The zero-order chi connectivity index (χ0) is 14.6. The van der Waals surface area contributed by atoms with Crippen molar-refractivity contribution in [2.24, 2.45) is 11.7 Å². The minimum Gasteiger partial charge on any atom is -0.329 e. The fourth-order valence-electron chi connectivity index (χ4n) is 4.34. The van der Waals surface area contributed by atoms with Gasteiger partial charge in [-0.3, -0.25) is 4.90 Å². The Morgan fingerprint density at radius 3 is 2.45 bits per heavy atom. The van der Waals surface area contributed by atoms with Crippen molar-refractivity contribution in [1.29, 1.82) is 0 Å². The van der Waals surface area contributed by atoms with Gasteiger partial charge in [0.1, 0.15) is 0 Å². The van der Waals surface area contributed by atoms with Gasteiger partial charge < -0.3 is 10.6 Å². The molecule has 1 saturated carbocycles. The Labute approximate surface area is 125 Å². The molecule has 2 atom stereocenters. The average molecular weight is 281 g/mol. The van der Waals surface area contributed by atoms with Crippen LogP contribution in [0.5, 0.6) is 0 Å². The lowest BCUT2D eigenvalue weighted by Gasteiger charge is -2.47. The van der Waals surface area contributed by atoms with Gasteiger partial charge in [-0.05, 0) is 65.2 Å². The van der Waals surface area contributed by atoms with E-state index in [1.807, 2.05) is 0 Å². The lowest BCUT2D eigenvalue weighted by molar-refractivity contribution is 0.0321. The van der Waals surface area contributed by atoms with Crippen molar-refractivity contribution in [3.05, 3.63) is 0 Å². The van der Waals surface area contributed by atoms with Crippen molar-refractivity contribution in [3.63, 3.8) is 0 Å². The van der Waals surface area contributed by atoms with E-state index in [9.17, 15) is 0 Å². The van der Waals surface area contributed by atoms with Crippen molar-refractivity contribution in [2.75, 3.05) is 33.7 Å². The summed E-state index contributed by atoms with van der Waals surface area (Å²) in [5.41, 5.74) is 6.56. The molecule has 2 fully saturated rings. The molecule has 0 spiro atoms. The number of likely N-dealkylation sites (tertiary alicyclic amines) is 1. The smallest absolute Gasteiger partial charge is 0.0331 e. The van der Waals surface area contributed by atoms with Gasteiger partial charge in [0.25, 0.3) is 0 Å². The van der Waals surface area contributed by atoms with Crippen LogP contribution in [0.2, 0.25) is 0 Å². The fourth-order valence-corrected chi connectivity index (χ4v) is 4.34. The molecule has 2 rings (SSSR count). The Kier molecular flexibility index (Phi) is 5.88. The zero-order valence-electron chi connectivity index (χ0n) is 13.9. The van der Waals surface area contributed by atoms with Crippen LogP contribution >= 0.6 is 0 Å². The Morgan fingerprint density at radius 2 is 1.85 bits per heavy atom. The van der Waals surface area contributed by atoms with Crippen molar-refractivity contribution in [3.8, 4) is 0 Å². The van der Waals surface area contributed by atoms with Gasteiger partial charge in [0.05, 0.1) is 0 Å². The van der Waals surface area contributed by atoms with Crippen LogP contribution in [0.3, 0.4) is 0 Å². The molecule has 0 aromatic rings. The fraction of sp³-hybridized carbons (Fsp3) is 1.00. The summed E-state index contributed by atoms with van der Waals surface area (Å²) < 4.78 is 0. The maximum atomic E-state index is 6.28. The van der Waals surface area contributed by atoms with Crippen LogP contribution in [0.15, 0.2) is 0 Å². The third-order valence-electron chi connectivity index (χ3n) is 6.21. The predicted octanol–water partition coefficient (Wildman–Crippen LogP) is 2.70. The SMILES string of the molecule is CCC1CCCC(CN)(N(C)C2CCN(C)CC2)CC1. The van der Waals surface area contributed by atoms with E-state index >= 15 is 0 Å². The minimum absolute atomic E-state index is 0.282. The normalized spacial score (nSPS) is 34.4. The number of nitrogens with zero attached hydrogens (tertiary/aromatic N) is 2. The molecule has 1 saturated heterocycles. The van der Waals surface area contributed by atoms with E-state index in [1.54, 1.807) is 0 Å². The Hall–Kier alpha value is -0.120. The van der Waals surface area contributed by atoms with Gasteiger partial charge in [-0.2, -0.15) is 0 Å². The van der Waals surface area contributed by atoms with E-state index in [0.29, 0.717) is 0 Å². The highest BCUT2D eigenvalue weighted by molar-refractivity contribution is 4.96. The molecule has 2 unspecified atom stereocenters. The van der Waals surface area contributed by atoms with E-state index < -0.39 is 0 Å². The first-order valence-corrected chi connectivity index (χ1v) is 8.73. The molecule has 1 heterocycles. The number of likely N-dealkylation sites (N-methyl/N-ethyl adjacent to an activating group) is 1. The molecule has 0 aromatic carbocycles. The van der Waals surface area contributed by atoms with Crippen LogP contribution in [0.4, 0.5) is 0 Å². The molecule has 20 heavy (non-hydrogen) atoms. The highest BCUT2D eigenvalue weighted by atomic mass is 15.2. The quantitative estimate of drug-likeness (QED) is 0.804. The average Bonchev–Trinajstić information content (AvgIpc) is 2.70. The summed E-state index contributed by atoms with van der Waals surface area (Å²) in [4.78, 5) is 5.15. The first kappa shape index (κ1) is 16.3. The van der Waals surface area contributed by atoms with E-state index in [0.717, 1.165) is 18.5 Å². The highest BCUT2D eigenvalue weighted by Gasteiger charge is 2.39. The monoisotopic (exact) mass is 281 g/mol. The maximum Gasteiger partial charge on any atom is 0.0331 e. The van der Waals surface area contributed by atoms with Gasteiger partial charge in [-0.25, -0.2) is 0 Å². The standard InChI is InChI=1S/C17H35N3/c1-4-15-6-5-10-17(14-18,11-7-15)20(3)16-8-12-19(2)13-9-16/h15-16H,4-14,18H2,1-3H3. The van der Waals surface area contributed by atoms with Crippen LogP contribution in [0, 0.1) is 5.92 Å². The Bertz CT molecular complexity index is 286. The molecule has 1 aliphatic heterocycles. The highest BCUT2D eigenvalue weighted by Crippen LogP contribution is 2.37. The summed E-state index contributed by atoms with van der Waals surface area (Å²) in [6.07, 6.45) is 10.8. The van der Waals surface area contributed by atoms with Crippen molar-refractivity contribution in [1.82, 2.24) is 9.80 Å². The number of hydrogen-bond donors (Lipinski definition) is 1. The van der Waals surface area contributed by atoms with E-state index in [2.05, 4.69) is 30.8 Å². The minimum atomic E-state index is 0.282. The number of piperidine rings is 1. The van der Waals surface area contributed by atoms with Gasteiger partial charge >= 0.3 is 0 Å². The molecule has 2 N–H and O–H groups in total. The van der Waals surface area contributed by atoms with Crippen molar-refractivity contribution < 1.29 is 0 Å². The first-order chi connectivity index (χ1) is 9.61. The molecular weight excluding hydrogens is 246 g/mol. The lowest BCUT2D eigenvalue weighted by atomic mass is 9.85. The van der Waals surface area contributed by atoms with Gasteiger partial charge in [0.15, 0.2) is 0 Å². The summed E-state index contributed by atoms with van der Waals surface area (Å²) in [6, 6.07) is 0.743. The predicted molar refractivity (Wildman–Crippen MR) is 86.9 cm³/mol. The second kappa shape index (κ2) is 7.24. The Morgan fingerprint density at radius 1 is 1.15 bits per heavy atom. The summed E-state index contributed by atoms with van der Waals surface area (Å²) >= 11 is 0. The van der Waals surface area contributed by atoms with Crippen LogP contribution < -0.4 is 5.73 Å². The third-order valence-corrected chi connectivity index (χ3v) is 6.21. The molecule has 3 heteroatoms. The van der Waals surface area contributed by atoms with Crippen LogP contribution in [0.1, 0.15) is 58.3 Å². The van der Waals surface area contributed by atoms with Gasteiger partial charge in [0.2, 0.25) is 0 Å². The van der Waals surface area contributed by atoms with E-state index in [-0.39, 0.29) is 5.54 Å². The first-order valence-electron chi connectivity index (χ1n) is 8.73. The largest absolute Gasteiger partial charge is 0.329 e. The Balaban J connectivity index is 2.01. The maximum absolute atomic E-state index is 6.28. The molecule has 0 amide bonds. The van der Waals surface area contributed by atoms with Gasteiger partial charge in [0, 0.05) is 18.1 Å². The van der Waals surface area contributed by atoms with Gasteiger partial charge in [-0.15, -0.1) is 0 Å². The zero-order valence-corrected chi connectivity index (χ0v) is 13.9. The van der Waals surface area contributed by atoms with E-state index in [1.165, 1.54) is 64.5 Å². The second-order valence-electron chi connectivity index (χ2n) is 7.28. The topological polar surface area (TPSA) is 32.5 Å². The molecule has 2 aliphatic rings. The summed E-state index contributed by atoms with van der Waals surface area (Å²) in [6.45, 7) is 5.67. The van der Waals surface area contributed by atoms with Gasteiger partial charge in [-0.1, -0.05) is 26.2 Å². The van der Waals surface area contributed by atoms with Crippen molar-refractivity contribution in [2.45, 2.75) is 69.9 Å². The van der Waals surface area contributed by atoms with Crippen molar-refractivity contribution >= 4 is 0 Å². The molecule has 0 aromatic heterocycles.